The van der Waals surface area contributed by atoms with Gasteiger partial charge in [0.05, 0.1) is 5.56 Å². The number of thiophene rings is 1. The van der Waals surface area contributed by atoms with Crippen LogP contribution in [0.3, 0.4) is 0 Å². The molecule has 0 radical (unpaired) electrons. The first-order chi connectivity index (χ1) is 14.3. The van der Waals surface area contributed by atoms with E-state index in [4.69, 9.17) is 0 Å². The zero-order chi connectivity index (χ0) is 21.5. The predicted octanol–water partition coefficient (Wildman–Crippen LogP) is 5.18. The Morgan fingerprint density at radius 2 is 2.13 bits per heavy atom. The first-order valence-corrected chi connectivity index (χ1v) is 11.0. The Labute approximate surface area is 180 Å². The molecular formula is C24H25N3O2S. The van der Waals surface area contributed by atoms with E-state index < -0.39 is 0 Å². The van der Waals surface area contributed by atoms with Crippen molar-refractivity contribution in [2.45, 2.75) is 46.6 Å². The number of fused-ring (bicyclic) bond motifs is 2. The number of hydrogen-bond donors (Lipinski definition) is 1. The highest BCUT2D eigenvalue weighted by Gasteiger charge is 2.32. The van der Waals surface area contributed by atoms with Gasteiger partial charge in [0, 0.05) is 27.5 Å². The van der Waals surface area contributed by atoms with Crippen LogP contribution in [-0.2, 0) is 24.2 Å². The summed E-state index contributed by atoms with van der Waals surface area (Å²) in [6.07, 6.45) is 5.43. The number of nitrogens with zero attached hydrogens (tertiary/aromatic N) is 2. The third-order valence-electron chi connectivity index (χ3n) is 6.12. The average molecular weight is 420 g/mol. The van der Waals surface area contributed by atoms with E-state index in [2.05, 4.69) is 32.2 Å². The van der Waals surface area contributed by atoms with Crippen LogP contribution in [0.2, 0.25) is 0 Å². The number of anilines is 1. The summed E-state index contributed by atoms with van der Waals surface area (Å²) in [7, 11) is 0. The van der Waals surface area contributed by atoms with Gasteiger partial charge in [0.25, 0.3) is 0 Å². The summed E-state index contributed by atoms with van der Waals surface area (Å²) in [6, 6.07) is 9.84. The van der Waals surface area contributed by atoms with Crippen molar-refractivity contribution in [3.63, 3.8) is 0 Å². The Morgan fingerprint density at radius 3 is 2.83 bits per heavy atom. The lowest BCUT2D eigenvalue weighted by Crippen LogP contribution is -2.26. The van der Waals surface area contributed by atoms with Gasteiger partial charge in [-0.3, -0.25) is 9.59 Å². The minimum atomic E-state index is -0.198. The predicted molar refractivity (Wildman–Crippen MR) is 120 cm³/mol. The van der Waals surface area contributed by atoms with E-state index in [0.717, 1.165) is 42.0 Å². The largest absolute Gasteiger partial charge is 0.337 e. The van der Waals surface area contributed by atoms with Gasteiger partial charge in [-0.15, -0.1) is 11.3 Å². The van der Waals surface area contributed by atoms with Gasteiger partial charge in [-0.1, -0.05) is 39.0 Å². The second kappa shape index (κ2) is 7.73. The molecule has 1 aliphatic rings. The number of rotatable bonds is 4. The molecule has 2 heterocycles. The summed E-state index contributed by atoms with van der Waals surface area (Å²) in [4.78, 5) is 25.4. The molecule has 1 aromatic carbocycles. The minimum absolute atomic E-state index is 0.0897. The number of nitriles is 1. The Morgan fingerprint density at radius 1 is 1.37 bits per heavy atom. The van der Waals surface area contributed by atoms with Crippen molar-refractivity contribution in [2.24, 2.45) is 11.3 Å². The Bertz CT molecular complexity index is 1170. The lowest BCUT2D eigenvalue weighted by atomic mass is 9.72. The van der Waals surface area contributed by atoms with Crippen molar-refractivity contribution in [1.29, 1.82) is 5.26 Å². The van der Waals surface area contributed by atoms with Crippen LogP contribution in [0, 0.1) is 22.7 Å². The van der Waals surface area contributed by atoms with Gasteiger partial charge in [0.15, 0.2) is 6.29 Å². The fourth-order valence-electron chi connectivity index (χ4n) is 4.35. The highest BCUT2D eigenvalue weighted by atomic mass is 32.1. The molecule has 5 nitrogen and oxygen atoms in total. The molecule has 154 valence electrons. The second-order valence-electron chi connectivity index (χ2n) is 9.02. The molecule has 1 aliphatic carbocycles. The zero-order valence-corrected chi connectivity index (χ0v) is 18.3. The van der Waals surface area contributed by atoms with Crippen LogP contribution in [0.5, 0.6) is 0 Å². The number of nitrogens with one attached hydrogen (secondary N) is 1. The van der Waals surface area contributed by atoms with Gasteiger partial charge in [-0.05, 0) is 42.2 Å². The van der Waals surface area contributed by atoms with E-state index in [1.165, 1.54) is 16.2 Å². The third-order valence-corrected chi connectivity index (χ3v) is 7.28. The highest BCUT2D eigenvalue weighted by molar-refractivity contribution is 7.16. The van der Waals surface area contributed by atoms with Gasteiger partial charge in [0.2, 0.25) is 5.91 Å². The average Bonchev–Trinajstić information content (AvgIpc) is 3.24. The second-order valence-corrected chi connectivity index (χ2v) is 10.1. The van der Waals surface area contributed by atoms with E-state index in [9.17, 15) is 14.9 Å². The smallest absolute Gasteiger partial charge is 0.244 e. The molecule has 0 saturated carbocycles. The van der Waals surface area contributed by atoms with Gasteiger partial charge < -0.3 is 9.88 Å². The molecule has 0 saturated heterocycles. The number of aromatic nitrogens is 1. The molecule has 1 unspecified atom stereocenters. The molecule has 0 spiro atoms. The van der Waals surface area contributed by atoms with E-state index in [-0.39, 0.29) is 17.9 Å². The molecule has 3 aromatic rings. The first kappa shape index (κ1) is 20.4. The minimum Gasteiger partial charge on any atom is -0.337 e. The summed E-state index contributed by atoms with van der Waals surface area (Å²) in [5.74, 6) is 0.377. The lowest BCUT2D eigenvalue weighted by Gasteiger charge is -2.33. The van der Waals surface area contributed by atoms with Crippen molar-refractivity contribution >= 4 is 39.4 Å². The van der Waals surface area contributed by atoms with Crippen LogP contribution in [0.4, 0.5) is 5.00 Å². The lowest BCUT2D eigenvalue weighted by molar-refractivity contribution is -0.116. The molecular weight excluding hydrogens is 394 g/mol. The Hall–Kier alpha value is -2.91. The van der Waals surface area contributed by atoms with Crippen LogP contribution in [0.15, 0.2) is 30.5 Å². The maximum Gasteiger partial charge on any atom is 0.244 e. The molecule has 6 heteroatoms. The maximum absolute atomic E-state index is 12.8. The summed E-state index contributed by atoms with van der Waals surface area (Å²) in [5.41, 5.74) is 3.35. The van der Waals surface area contributed by atoms with Crippen LogP contribution < -0.4 is 5.32 Å². The standard InChI is InChI=1S/C24H25N3O2S/c1-24(2,3)16-8-9-18-19(11-25)23(30-21(18)10-16)26-22(29)13-27-12-15(14-28)17-6-4-5-7-20(17)27/h4-7,12,14,16H,8-10,13H2,1-3H3,(H,26,29). The number of carbonyl (C=O) groups excluding carboxylic acids is 2. The van der Waals surface area contributed by atoms with Crippen molar-refractivity contribution in [3.05, 3.63) is 52.0 Å². The summed E-state index contributed by atoms with van der Waals surface area (Å²) in [5, 5.41) is 14.2. The Kier molecular flexibility index (Phi) is 5.25. The van der Waals surface area contributed by atoms with E-state index in [0.29, 0.717) is 22.0 Å². The monoisotopic (exact) mass is 419 g/mol. The fourth-order valence-corrected chi connectivity index (χ4v) is 5.65. The van der Waals surface area contributed by atoms with Gasteiger partial charge in [-0.25, -0.2) is 0 Å². The fraction of sp³-hybridized carbons (Fsp3) is 0.375. The van der Waals surface area contributed by atoms with E-state index >= 15 is 0 Å². The normalized spacial score (nSPS) is 16.1. The number of carbonyl (C=O) groups is 2. The summed E-state index contributed by atoms with van der Waals surface area (Å²) in [6.45, 7) is 6.88. The summed E-state index contributed by atoms with van der Waals surface area (Å²) < 4.78 is 1.78. The number of para-hydroxylation sites is 1. The molecule has 0 fully saturated rings. The summed E-state index contributed by atoms with van der Waals surface area (Å²) >= 11 is 1.54. The maximum atomic E-state index is 12.8. The van der Waals surface area contributed by atoms with Crippen molar-refractivity contribution < 1.29 is 9.59 Å². The van der Waals surface area contributed by atoms with Gasteiger partial charge >= 0.3 is 0 Å². The topological polar surface area (TPSA) is 74.9 Å². The van der Waals surface area contributed by atoms with Crippen LogP contribution in [0.25, 0.3) is 10.9 Å². The van der Waals surface area contributed by atoms with E-state index in [1.807, 2.05) is 24.3 Å². The van der Waals surface area contributed by atoms with E-state index in [1.54, 1.807) is 10.8 Å². The van der Waals surface area contributed by atoms with Gasteiger partial charge in [-0.2, -0.15) is 5.26 Å². The third kappa shape index (κ3) is 3.66. The van der Waals surface area contributed by atoms with Crippen LogP contribution in [-0.4, -0.2) is 16.8 Å². The molecule has 1 atom stereocenters. The molecule has 30 heavy (non-hydrogen) atoms. The Balaban J connectivity index is 1.57. The van der Waals surface area contributed by atoms with Crippen molar-refractivity contribution in [2.75, 3.05) is 5.32 Å². The SMILES string of the molecule is CC(C)(C)C1CCc2c(sc(NC(=O)Cn3cc(C=O)c4ccccc43)c2C#N)C1. The molecule has 4 rings (SSSR count). The number of aldehydes is 1. The number of hydrogen-bond acceptors (Lipinski definition) is 4. The highest BCUT2D eigenvalue weighted by Crippen LogP contribution is 2.44. The quantitative estimate of drug-likeness (QED) is 0.592. The van der Waals surface area contributed by atoms with Crippen molar-refractivity contribution in [3.8, 4) is 6.07 Å². The van der Waals surface area contributed by atoms with Gasteiger partial charge in [0.1, 0.15) is 17.6 Å². The number of amides is 1. The molecule has 2 aromatic heterocycles. The molecule has 0 bridgehead atoms. The zero-order valence-electron chi connectivity index (χ0n) is 17.5. The molecule has 1 amide bonds. The van der Waals surface area contributed by atoms with Crippen LogP contribution >= 0.6 is 11.3 Å². The molecule has 1 N–H and O–H groups in total. The van der Waals surface area contributed by atoms with Crippen LogP contribution in [0.1, 0.15) is 53.6 Å². The van der Waals surface area contributed by atoms with Crippen molar-refractivity contribution in [1.82, 2.24) is 4.57 Å². The number of benzene rings is 1. The molecule has 0 aliphatic heterocycles. The first-order valence-electron chi connectivity index (χ1n) is 10.2.